The van der Waals surface area contributed by atoms with Crippen molar-refractivity contribution in [3.8, 4) is 0 Å². The van der Waals surface area contributed by atoms with Gasteiger partial charge in [-0.15, -0.1) is 12.4 Å². The molecule has 2 aromatic rings. The van der Waals surface area contributed by atoms with Crippen LogP contribution in [0.2, 0.25) is 0 Å². The highest BCUT2D eigenvalue weighted by Crippen LogP contribution is 2.25. The van der Waals surface area contributed by atoms with Gasteiger partial charge in [0.2, 0.25) is 5.91 Å². The first-order chi connectivity index (χ1) is 12.8. The summed E-state index contributed by atoms with van der Waals surface area (Å²) < 4.78 is 39.5. The third kappa shape index (κ3) is 5.71. The Morgan fingerprint density at radius 3 is 2.57 bits per heavy atom. The lowest BCUT2D eigenvalue weighted by atomic mass is 10.1. The summed E-state index contributed by atoms with van der Waals surface area (Å²) in [5, 5.41) is 7.74. The lowest BCUT2D eigenvalue weighted by Gasteiger charge is -2.12. The third-order valence-corrected chi connectivity index (χ3v) is 4.16. The molecular weight excluding hydrogens is 395 g/mol. The molecule has 2 amide bonds. The van der Waals surface area contributed by atoms with Crippen molar-refractivity contribution in [1.29, 1.82) is 0 Å². The topological polar surface area (TPSA) is 70.2 Å². The van der Waals surface area contributed by atoms with Crippen LogP contribution in [0.1, 0.15) is 22.3 Å². The van der Waals surface area contributed by atoms with E-state index in [0.717, 1.165) is 6.07 Å². The molecule has 1 unspecified atom stereocenters. The van der Waals surface area contributed by atoms with Gasteiger partial charge in [0.25, 0.3) is 11.8 Å². The molecule has 0 bridgehead atoms. The first-order valence-electron chi connectivity index (χ1n) is 8.37. The maximum atomic E-state index is 13.2. The highest BCUT2D eigenvalue weighted by molar-refractivity contribution is 6.04. The maximum absolute atomic E-state index is 13.2. The second kappa shape index (κ2) is 9.07. The first kappa shape index (κ1) is 21.7. The first-order valence-corrected chi connectivity index (χ1v) is 8.37. The van der Waals surface area contributed by atoms with Crippen LogP contribution in [0.25, 0.3) is 0 Å². The third-order valence-electron chi connectivity index (χ3n) is 4.16. The molecule has 1 heterocycles. The molecule has 5 nitrogen and oxygen atoms in total. The van der Waals surface area contributed by atoms with E-state index in [9.17, 15) is 22.8 Å². The van der Waals surface area contributed by atoms with E-state index < -0.39 is 42.6 Å². The molecule has 2 aromatic carbocycles. The van der Waals surface area contributed by atoms with Crippen molar-refractivity contribution in [2.45, 2.75) is 24.9 Å². The van der Waals surface area contributed by atoms with Crippen LogP contribution in [0.5, 0.6) is 0 Å². The summed E-state index contributed by atoms with van der Waals surface area (Å²) in [4.78, 5) is 24.1. The van der Waals surface area contributed by atoms with E-state index in [2.05, 4.69) is 16.0 Å². The van der Waals surface area contributed by atoms with Crippen LogP contribution in [0.3, 0.4) is 0 Å². The Bertz CT molecular complexity index is 864. The second-order valence-electron chi connectivity index (χ2n) is 6.38. The predicted octanol–water partition coefficient (Wildman–Crippen LogP) is 3.11. The van der Waals surface area contributed by atoms with Gasteiger partial charge in [-0.25, -0.2) is 13.2 Å². The Morgan fingerprint density at radius 1 is 1.14 bits per heavy atom. The van der Waals surface area contributed by atoms with Crippen LogP contribution in [0.4, 0.5) is 18.9 Å². The van der Waals surface area contributed by atoms with Crippen molar-refractivity contribution in [3.05, 3.63) is 65.5 Å². The van der Waals surface area contributed by atoms with Crippen molar-refractivity contribution in [2.75, 3.05) is 11.9 Å². The molecular formula is C19H19ClF3N3O2. The molecule has 1 fully saturated rings. The summed E-state index contributed by atoms with van der Waals surface area (Å²) in [6, 6.07) is 11.1. The van der Waals surface area contributed by atoms with Crippen LogP contribution < -0.4 is 16.0 Å². The Kier molecular flexibility index (Phi) is 7.04. The minimum absolute atomic E-state index is 0. The number of rotatable bonds is 5. The van der Waals surface area contributed by atoms with E-state index in [0.29, 0.717) is 11.3 Å². The molecule has 0 saturated carbocycles. The standard InChI is InChI=1S/C19H18F3N3O2.ClH/c20-14-5-2-4-13(8-14)17(26)25-15-6-1-3-12(7-15)10-23-18(27)16-9-19(21,22)11-24-16;/h1-8,16,24H,9-11H2,(H,23,27)(H,25,26);1H. The molecule has 0 aliphatic carbocycles. The molecule has 1 saturated heterocycles. The minimum atomic E-state index is -2.87. The Morgan fingerprint density at radius 2 is 1.89 bits per heavy atom. The molecule has 3 rings (SSSR count). The summed E-state index contributed by atoms with van der Waals surface area (Å²) in [5.41, 5.74) is 1.34. The maximum Gasteiger partial charge on any atom is 0.262 e. The lowest BCUT2D eigenvalue weighted by Crippen LogP contribution is -2.40. The average molecular weight is 414 g/mol. The van der Waals surface area contributed by atoms with Crippen LogP contribution >= 0.6 is 12.4 Å². The SMILES string of the molecule is Cl.O=C(Nc1cccc(CNC(=O)C2CC(F)(F)CN2)c1)c1cccc(F)c1. The normalized spacial score (nSPS) is 17.5. The van der Waals surface area contributed by atoms with E-state index in [1.165, 1.54) is 18.2 Å². The molecule has 9 heteroatoms. The monoisotopic (exact) mass is 413 g/mol. The number of anilines is 1. The number of hydrogen-bond donors (Lipinski definition) is 3. The number of carbonyl (C=O) groups excluding carboxylic acids is 2. The van der Waals surface area contributed by atoms with Crippen molar-refractivity contribution >= 4 is 29.9 Å². The van der Waals surface area contributed by atoms with Crippen LogP contribution in [0.15, 0.2) is 48.5 Å². The van der Waals surface area contributed by atoms with Crippen LogP contribution in [0, 0.1) is 5.82 Å². The van der Waals surface area contributed by atoms with Gasteiger partial charge in [-0.1, -0.05) is 18.2 Å². The van der Waals surface area contributed by atoms with Crippen molar-refractivity contribution in [2.24, 2.45) is 0 Å². The number of halogens is 4. The summed E-state index contributed by atoms with van der Waals surface area (Å²) in [5.74, 6) is -4.34. The molecule has 0 spiro atoms. The zero-order valence-electron chi connectivity index (χ0n) is 14.7. The van der Waals surface area contributed by atoms with Gasteiger partial charge in [-0.05, 0) is 35.9 Å². The number of carbonyl (C=O) groups is 2. The number of nitrogens with one attached hydrogen (secondary N) is 3. The zero-order chi connectivity index (χ0) is 19.4. The van der Waals surface area contributed by atoms with Gasteiger partial charge in [0.05, 0.1) is 12.6 Å². The molecule has 0 aromatic heterocycles. The van der Waals surface area contributed by atoms with Gasteiger partial charge in [0, 0.05) is 24.2 Å². The number of benzene rings is 2. The predicted molar refractivity (Wildman–Crippen MR) is 101 cm³/mol. The average Bonchev–Trinajstić information content (AvgIpc) is 3.00. The summed E-state index contributed by atoms with van der Waals surface area (Å²) in [7, 11) is 0. The van der Waals surface area contributed by atoms with Gasteiger partial charge in [-0.2, -0.15) is 0 Å². The van der Waals surface area contributed by atoms with Gasteiger partial charge >= 0.3 is 0 Å². The van der Waals surface area contributed by atoms with E-state index in [4.69, 9.17) is 0 Å². The van der Waals surface area contributed by atoms with Gasteiger partial charge < -0.3 is 10.6 Å². The smallest absolute Gasteiger partial charge is 0.262 e. The quantitative estimate of drug-likeness (QED) is 0.705. The molecule has 1 aliphatic rings. The summed E-state index contributed by atoms with van der Waals surface area (Å²) in [6.07, 6.45) is -0.525. The highest BCUT2D eigenvalue weighted by Gasteiger charge is 2.42. The molecule has 0 radical (unpaired) electrons. The van der Waals surface area contributed by atoms with Crippen molar-refractivity contribution in [3.63, 3.8) is 0 Å². The Labute approximate surface area is 166 Å². The lowest BCUT2D eigenvalue weighted by molar-refractivity contribution is -0.123. The molecule has 1 aliphatic heterocycles. The second-order valence-corrected chi connectivity index (χ2v) is 6.38. The van der Waals surface area contributed by atoms with Crippen molar-refractivity contribution in [1.82, 2.24) is 10.6 Å². The zero-order valence-corrected chi connectivity index (χ0v) is 15.5. The summed E-state index contributed by atoms with van der Waals surface area (Å²) in [6.45, 7) is -0.376. The highest BCUT2D eigenvalue weighted by atomic mass is 35.5. The van der Waals surface area contributed by atoms with Crippen LogP contribution in [-0.4, -0.2) is 30.3 Å². The Balaban J connectivity index is 0.00000280. The minimum Gasteiger partial charge on any atom is -0.351 e. The largest absolute Gasteiger partial charge is 0.351 e. The fourth-order valence-electron chi connectivity index (χ4n) is 2.81. The Hall–Kier alpha value is -2.58. The number of alkyl halides is 2. The molecule has 3 N–H and O–H groups in total. The van der Waals surface area contributed by atoms with Gasteiger partial charge in [-0.3, -0.25) is 14.9 Å². The number of hydrogen-bond acceptors (Lipinski definition) is 3. The van der Waals surface area contributed by atoms with E-state index in [1.807, 2.05) is 0 Å². The molecule has 1 atom stereocenters. The van der Waals surface area contributed by atoms with Gasteiger partial charge in [0.15, 0.2) is 0 Å². The van der Waals surface area contributed by atoms with Crippen LogP contribution in [-0.2, 0) is 11.3 Å². The number of amides is 2. The fourth-order valence-corrected chi connectivity index (χ4v) is 2.81. The van der Waals surface area contributed by atoms with E-state index >= 15 is 0 Å². The van der Waals surface area contributed by atoms with E-state index in [1.54, 1.807) is 24.3 Å². The molecule has 28 heavy (non-hydrogen) atoms. The molecule has 150 valence electrons. The fraction of sp³-hybridized carbons (Fsp3) is 0.263. The van der Waals surface area contributed by atoms with Gasteiger partial charge in [0.1, 0.15) is 5.82 Å². The van der Waals surface area contributed by atoms with Crippen molar-refractivity contribution < 1.29 is 22.8 Å². The van der Waals surface area contributed by atoms with E-state index in [-0.39, 0.29) is 24.5 Å². The summed E-state index contributed by atoms with van der Waals surface area (Å²) >= 11 is 0.